The van der Waals surface area contributed by atoms with Crippen molar-refractivity contribution in [3.8, 4) is 0 Å². The number of benzene rings is 1. The maximum absolute atomic E-state index is 12.9. The van der Waals surface area contributed by atoms with Crippen LogP contribution in [-0.2, 0) is 25.7 Å². The van der Waals surface area contributed by atoms with E-state index in [2.05, 4.69) is 10.3 Å². The maximum Gasteiger partial charge on any atom is 0.308 e. The maximum atomic E-state index is 12.9. The highest BCUT2D eigenvalue weighted by atomic mass is 16.5. The lowest BCUT2D eigenvalue weighted by atomic mass is 10.1. The number of nitrogen functional groups attached to an aromatic ring is 1. The molecule has 31 heavy (non-hydrogen) atoms. The Morgan fingerprint density at radius 2 is 2.00 bits per heavy atom. The van der Waals surface area contributed by atoms with Crippen LogP contribution in [-0.4, -0.2) is 53.8 Å². The number of carbonyl (C=O) groups excluding carboxylic acids is 4. The smallest absolute Gasteiger partial charge is 0.308 e. The van der Waals surface area contributed by atoms with Gasteiger partial charge in [-0.05, 0) is 35.9 Å². The first-order chi connectivity index (χ1) is 14.7. The Bertz CT molecular complexity index is 1050. The van der Waals surface area contributed by atoms with Gasteiger partial charge in [-0.3, -0.25) is 24.1 Å². The molecule has 0 fully saturated rings. The van der Waals surface area contributed by atoms with Gasteiger partial charge in [-0.2, -0.15) is 0 Å². The van der Waals surface area contributed by atoms with Crippen LogP contribution < -0.4 is 16.0 Å². The number of hydrogen-bond acceptors (Lipinski definition) is 7. The summed E-state index contributed by atoms with van der Waals surface area (Å²) in [6, 6.07) is 8.59. The zero-order chi connectivity index (χ0) is 22.7. The molecule has 10 nitrogen and oxygen atoms in total. The van der Waals surface area contributed by atoms with E-state index in [0.29, 0.717) is 22.6 Å². The number of amides is 3. The second kappa shape index (κ2) is 8.82. The summed E-state index contributed by atoms with van der Waals surface area (Å²) in [4.78, 5) is 56.6. The SMILES string of the molecule is COC(=O)CC1C(=O)N(C)Cc2cc(C(=O)Nc3cccc(N)n3)ccc2N1C(C)=O. The summed E-state index contributed by atoms with van der Waals surface area (Å²) in [7, 11) is 2.79. The number of likely N-dealkylation sites (N-methyl/N-ethyl adjacent to an activating group) is 1. The summed E-state index contributed by atoms with van der Waals surface area (Å²) in [6.07, 6.45) is -0.276. The van der Waals surface area contributed by atoms with Gasteiger partial charge in [0.1, 0.15) is 17.7 Å². The number of ether oxygens (including phenoxy) is 1. The van der Waals surface area contributed by atoms with Crippen molar-refractivity contribution in [3.05, 3.63) is 47.5 Å². The standard InChI is InChI=1S/C21H23N5O5/c1-12(27)26-15-8-7-13(20(29)24-18-6-4-5-17(22)23-18)9-14(15)11-25(2)21(30)16(26)10-19(28)31-3/h4-9,16H,10-11H2,1-3H3,(H3,22,23,24,29). The fourth-order valence-electron chi connectivity index (χ4n) is 3.47. The van der Waals surface area contributed by atoms with Gasteiger partial charge in [0.15, 0.2) is 0 Å². The van der Waals surface area contributed by atoms with Gasteiger partial charge < -0.3 is 20.7 Å². The molecule has 3 rings (SSSR count). The minimum Gasteiger partial charge on any atom is -0.469 e. The first-order valence-corrected chi connectivity index (χ1v) is 9.49. The van der Waals surface area contributed by atoms with Crippen LogP contribution in [0, 0.1) is 0 Å². The van der Waals surface area contributed by atoms with Crippen LogP contribution in [0.1, 0.15) is 29.3 Å². The highest BCUT2D eigenvalue weighted by Crippen LogP contribution is 2.31. The molecular formula is C21H23N5O5. The first kappa shape index (κ1) is 21.8. The molecule has 1 unspecified atom stereocenters. The summed E-state index contributed by atoms with van der Waals surface area (Å²) < 4.78 is 4.69. The zero-order valence-corrected chi connectivity index (χ0v) is 17.4. The minimum atomic E-state index is -1.03. The lowest BCUT2D eigenvalue weighted by Gasteiger charge is -2.29. The van der Waals surface area contributed by atoms with Gasteiger partial charge in [0.05, 0.1) is 13.5 Å². The Morgan fingerprint density at radius 3 is 2.65 bits per heavy atom. The quantitative estimate of drug-likeness (QED) is 0.702. The van der Waals surface area contributed by atoms with E-state index in [1.54, 1.807) is 43.4 Å². The van der Waals surface area contributed by atoms with Crippen molar-refractivity contribution in [3.63, 3.8) is 0 Å². The predicted octanol–water partition coefficient (Wildman–Crippen LogP) is 1.17. The fraction of sp³-hybridized carbons (Fsp3) is 0.286. The summed E-state index contributed by atoms with van der Waals surface area (Å²) in [6.45, 7) is 1.48. The fourth-order valence-corrected chi connectivity index (χ4v) is 3.47. The number of nitrogens with zero attached hydrogens (tertiary/aromatic N) is 3. The van der Waals surface area contributed by atoms with Crippen LogP contribution in [0.2, 0.25) is 0 Å². The Labute approximate surface area is 179 Å². The normalized spacial score (nSPS) is 15.7. The summed E-state index contributed by atoms with van der Waals surface area (Å²) in [5, 5.41) is 2.67. The van der Waals surface area contributed by atoms with Crippen molar-refractivity contribution in [1.29, 1.82) is 0 Å². The van der Waals surface area contributed by atoms with E-state index in [4.69, 9.17) is 10.5 Å². The van der Waals surface area contributed by atoms with Crippen LogP contribution >= 0.6 is 0 Å². The molecule has 0 saturated heterocycles. The molecule has 0 spiro atoms. The van der Waals surface area contributed by atoms with E-state index < -0.39 is 29.7 Å². The minimum absolute atomic E-state index is 0.160. The van der Waals surface area contributed by atoms with Crippen molar-refractivity contribution in [2.75, 3.05) is 30.1 Å². The number of carbonyl (C=O) groups is 4. The second-order valence-electron chi connectivity index (χ2n) is 7.12. The Balaban J connectivity index is 1.97. The van der Waals surface area contributed by atoms with Gasteiger partial charge in [-0.15, -0.1) is 0 Å². The van der Waals surface area contributed by atoms with Crippen molar-refractivity contribution in [2.24, 2.45) is 0 Å². The molecule has 0 radical (unpaired) electrons. The number of nitrogens with one attached hydrogen (secondary N) is 1. The van der Waals surface area contributed by atoms with Crippen LogP contribution in [0.5, 0.6) is 0 Å². The van der Waals surface area contributed by atoms with E-state index >= 15 is 0 Å². The van der Waals surface area contributed by atoms with Crippen molar-refractivity contribution in [2.45, 2.75) is 25.9 Å². The molecule has 0 bridgehead atoms. The van der Waals surface area contributed by atoms with Crippen LogP contribution in [0.25, 0.3) is 0 Å². The molecule has 2 heterocycles. The molecule has 3 N–H and O–H groups in total. The third-order valence-electron chi connectivity index (χ3n) is 4.92. The molecule has 162 valence electrons. The zero-order valence-electron chi connectivity index (χ0n) is 17.4. The molecule has 2 aromatic rings. The number of methoxy groups -OCH3 is 1. The van der Waals surface area contributed by atoms with E-state index in [0.717, 1.165) is 0 Å². The van der Waals surface area contributed by atoms with Gasteiger partial charge in [-0.25, -0.2) is 4.98 Å². The molecule has 1 aromatic carbocycles. The average molecular weight is 425 g/mol. The molecule has 10 heteroatoms. The van der Waals surface area contributed by atoms with Crippen LogP contribution in [0.15, 0.2) is 36.4 Å². The number of fused-ring (bicyclic) bond motifs is 1. The summed E-state index contributed by atoms with van der Waals surface area (Å²) in [5.41, 5.74) is 7.00. The van der Waals surface area contributed by atoms with Crippen LogP contribution in [0.3, 0.4) is 0 Å². The molecule has 0 saturated carbocycles. The van der Waals surface area contributed by atoms with Crippen molar-refractivity contribution < 1.29 is 23.9 Å². The third kappa shape index (κ3) is 4.63. The third-order valence-corrected chi connectivity index (χ3v) is 4.92. The van der Waals surface area contributed by atoms with Gasteiger partial charge in [0, 0.05) is 31.8 Å². The van der Waals surface area contributed by atoms with E-state index in [-0.39, 0.29) is 18.8 Å². The number of rotatable bonds is 4. The molecule has 1 aliphatic rings. The van der Waals surface area contributed by atoms with Crippen molar-refractivity contribution >= 4 is 41.0 Å². The number of hydrogen-bond donors (Lipinski definition) is 2. The molecule has 1 aromatic heterocycles. The number of nitrogens with two attached hydrogens (primary N) is 1. The molecular weight excluding hydrogens is 402 g/mol. The lowest BCUT2D eigenvalue weighted by Crippen LogP contribution is -2.48. The number of aromatic nitrogens is 1. The molecule has 0 aliphatic carbocycles. The van der Waals surface area contributed by atoms with Crippen LogP contribution in [0.4, 0.5) is 17.3 Å². The lowest BCUT2D eigenvalue weighted by molar-refractivity contribution is -0.144. The predicted molar refractivity (Wildman–Crippen MR) is 113 cm³/mol. The second-order valence-corrected chi connectivity index (χ2v) is 7.12. The van der Waals surface area contributed by atoms with Gasteiger partial charge in [0.2, 0.25) is 11.8 Å². The molecule has 1 aliphatic heterocycles. The number of esters is 1. The topological polar surface area (TPSA) is 135 Å². The molecule has 3 amide bonds. The van der Waals surface area contributed by atoms with Gasteiger partial charge in [-0.1, -0.05) is 6.07 Å². The van der Waals surface area contributed by atoms with E-state index in [1.807, 2.05) is 0 Å². The van der Waals surface area contributed by atoms with Crippen molar-refractivity contribution in [1.82, 2.24) is 9.88 Å². The average Bonchev–Trinajstić information content (AvgIpc) is 2.82. The van der Waals surface area contributed by atoms with E-state index in [9.17, 15) is 19.2 Å². The number of pyridine rings is 1. The number of anilines is 3. The van der Waals surface area contributed by atoms with Gasteiger partial charge in [0.25, 0.3) is 5.91 Å². The Hall–Kier alpha value is -3.95. The van der Waals surface area contributed by atoms with E-state index in [1.165, 1.54) is 23.8 Å². The highest BCUT2D eigenvalue weighted by molar-refractivity contribution is 6.06. The highest BCUT2D eigenvalue weighted by Gasteiger charge is 2.37. The Kier molecular flexibility index (Phi) is 6.19. The first-order valence-electron chi connectivity index (χ1n) is 9.49. The summed E-state index contributed by atoms with van der Waals surface area (Å²) >= 11 is 0. The van der Waals surface area contributed by atoms with Gasteiger partial charge >= 0.3 is 5.97 Å². The monoisotopic (exact) mass is 425 g/mol. The summed E-state index contributed by atoms with van der Waals surface area (Å²) in [5.74, 6) is -1.25. The largest absolute Gasteiger partial charge is 0.469 e. The molecule has 1 atom stereocenters. The Morgan fingerprint density at radius 1 is 1.26 bits per heavy atom.